The summed E-state index contributed by atoms with van der Waals surface area (Å²) in [5, 5.41) is 7.04. The van der Waals surface area contributed by atoms with Crippen LogP contribution >= 0.6 is 24.0 Å². The van der Waals surface area contributed by atoms with E-state index in [1.54, 1.807) is 11.8 Å². The maximum atomic E-state index is 5.26. The largest absolute Gasteiger partial charge is 0.382 e. The van der Waals surface area contributed by atoms with Gasteiger partial charge in [-0.1, -0.05) is 12.1 Å². The molecule has 0 aromatic heterocycles. The molecule has 0 heterocycles. The molecule has 0 aliphatic heterocycles. The van der Waals surface area contributed by atoms with Crippen LogP contribution in [0.1, 0.15) is 13.3 Å². The molecule has 5 heteroatoms. The first kappa shape index (κ1) is 15.3. The van der Waals surface area contributed by atoms with Gasteiger partial charge < -0.3 is 15.4 Å². The Balaban J connectivity index is 2.31. The fraction of sp³-hybridized carbons (Fsp3) is 0.462. The number of anilines is 1. The molecular formula is C13H20N2OS2. The molecule has 0 aliphatic carbocycles. The Bertz CT molecular complexity index is 372. The minimum Gasteiger partial charge on any atom is -0.382 e. The Hall–Kier alpha value is -0.780. The van der Waals surface area contributed by atoms with Crippen molar-refractivity contribution in [3.63, 3.8) is 0 Å². The first-order chi connectivity index (χ1) is 8.77. The van der Waals surface area contributed by atoms with Crippen molar-refractivity contribution in [1.82, 2.24) is 5.32 Å². The van der Waals surface area contributed by atoms with Crippen molar-refractivity contribution < 1.29 is 4.74 Å². The molecule has 1 rings (SSSR count). The van der Waals surface area contributed by atoms with Crippen LogP contribution in [0.2, 0.25) is 0 Å². The van der Waals surface area contributed by atoms with Crippen LogP contribution in [0, 0.1) is 0 Å². The first-order valence-electron chi connectivity index (χ1n) is 6.03. The lowest BCUT2D eigenvalue weighted by Crippen LogP contribution is -2.30. The van der Waals surface area contributed by atoms with Crippen molar-refractivity contribution in [2.24, 2.45) is 0 Å². The number of thiocarbonyl (C=S) groups is 1. The summed E-state index contributed by atoms with van der Waals surface area (Å²) in [6.07, 6.45) is 3.01. The summed E-state index contributed by atoms with van der Waals surface area (Å²) in [6, 6.07) is 8.13. The first-order valence-corrected chi connectivity index (χ1v) is 7.66. The fourth-order valence-corrected chi connectivity index (χ4v) is 2.20. The normalized spacial score (nSPS) is 10.1. The van der Waals surface area contributed by atoms with Crippen molar-refractivity contribution in [3.05, 3.63) is 24.3 Å². The zero-order chi connectivity index (χ0) is 13.2. The minimum absolute atomic E-state index is 0.660. The van der Waals surface area contributed by atoms with E-state index in [2.05, 4.69) is 23.0 Å². The van der Waals surface area contributed by atoms with Crippen molar-refractivity contribution in [2.45, 2.75) is 18.2 Å². The van der Waals surface area contributed by atoms with E-state index >= 15 is 0 Å². The van der Waals surface area contributed by atoms with Crippen LogP contribution in [0.4, 0.5) is 5.69 Å². The van der Waals surface area contributed by atoms with Gasteiger partial charge >= 0.3 is 0 Å². The second-order valence-electron chi connectivity index (χ2n) is 3.63. The van der Waals surface area contributed by atoms with Gasteiger partial charge in [-0.05, 0) is 44.0 Å². The number of hydrogen-bond donors (Lipinski definition) is 2. The van der Waals surface area contributed by atoms with Crippen LogP contribution in [-0.4, -0.2) is 31.1 Å². The average molecular weight is 284 g/mol. The fourth-order valence-electron chi connectivity index (χ4n) is 1.43. The summed E-state index contributed by atoms with van der Waals surface area (Å²) in [5.74, 6) is 0. The molecule has 0 fully saturated rings. The Morgan fingerprint density at radius 1 is 1.39 bits per heavy atom. The molecule has 0 saturated heterocycles. The SMILES string of the molecule is CCOCCCNC(=S)Nc1ccccc1SC. The van der Waals surface area contributed by atoms with E-state index in [0.717, 1.165) is 31.9 Å². The molecule has 0 amide bonds. The molecule has 0 saturated carbocycles. The minimum atomic E-state index is 0.660. The van der Waals surface area contributed by atoms with E-state index in [4.69, 9.17) is 17.0 Å². The number of nitrogens with one attached hydrogen (secondary N) is 2. The Morgan fingerprint density at radius 3 is 2.89 bits per heavy atom. The summed E-state index contributed by atoms with van der Waals surface area (Å²) in [4.78, 5) is 1.19. The van der Waals surface area contributed by atoms with Crippen LogP contribution < -0.4 is 10.6 Å². The molecule has 1 aromatic rings. The molecule has 100 valence electrons. The molecule has 1 aromatic carbocycles. The van der Waals surface area contributed by atoms with E-state index in [1.807, 2.05) is 25.1 Å². The standard InChI is InChI=1S/C13H20N2OS2/c1-3-16-10-6-9-14-13(17)15-11-7-4-5-8-12(11)18-2/h4-5,7-8H,3,6,9-10H2,1-2H3,(H2,14,15,17). The monoisotopic (exact) mass is 284 g/mol. The molecule has 0 radical (unpaired) electrons. The van der Waals surface area contributed by atoms with Crippen LogP contribution in [0.25, 0.3) is 0 Å². The lowest BCUT2D eigenvalue weighted by atomic mass is 10.3. The van der Waals surface area contributed by atoms with Crippen molar-refractivity contribution in [2.75, 3.05) is 31.3 Å². The number of thioether (sulfide) groups is 1. The Labute approximate surface area is 119 Å². The third-order valence-corrected chi connectivity index (χ3v) is 3.35. The van der Waals surface area contributed by atoms with Crippen LogP contribution in [0.3, 0.4) is 0 Å². The van der Waals surface area contributed by atoms with Crippen molar-refractivity contribution in [3.8, 4) is 0 Å². The van der Waals surface area contributed by atoms with Crippen LogP contribution in [-0.2, 0) is 4.74 Å². The summed E-state index contributed by atoms with van der Waals surface area (Å²) in [6.45, 7) is 4.36. The van der Waals surface area contributed by atoms with Gasteiger partial charge in [0.25, 0.3) is 0 Å². The van der Waals surface area contributed by atoms with Gasteiger partial charge in [-0.15, -0.1) is 11.8 Å². The lowest BCUT2D eigenvalue weighted by Gasteiger charge is -2.12. The number of para-hydroxylation sites is 1. The van der Waals surface area contributed by atoms with E-state index in [0.29, 0.717) is 5.11 Å². The highest BCUT2D eigenvalue weighted by atomic mass is 32.2. The molecule has 0 atom stereocenters. The molecule has 0 aliphatic rings. The van der Waals surface area contributed by atoms with Crippen molar-refractivity contribution >= 4 is 34.8 Å². The van der Waals surface area contributed by atoms with Gasteiger partial charge in [0.05, 0.1) is 5.69 Å². The molecule has 0 bridgehead atoms. The molecular weight excluding hydrogens is 264 g/mol. The molecule has 18 heavy (non-hydrogen) atoms. The van der Waals surface area contributed by atoms with Gasteiger partial charge in [-0.3, -0.25) is 0 Å². The summed E-state index contributed by atoms with van der Waals surface area (Å²) >= 11 is 6.95. The number of benzene rings is 1. The van der Waals surface area contributed by atoms with Crippen molar-refractivity contribution in [1.29, 1.82) is 0 Å². The molecule has 3 nitrogen and oxygen atoms in total. The predicted octanol–water partition coefficient (Wildman–Crippen LogP) is 3.12. The second-order valence-corrected chi connectivity index (χ2v) is 4.89. The number of rotatable bonds is 7. The molecule has 2 N–H and O–H groups in total. The predicted molar refractivity (Wildman–Crippen MR) is 83.6 cm³/mol. The van der Waals surface area contributed by atoms with Crippen LogP contribution in [0.5, 0.6) is 0 Å². The molecule has 0 spiro atoms. The summed E-state index contributed by atoms with van der Waals surface area (Å²) in [5.41, 5.74) is 1.05. The van der Waals surface area contributed by atoms with E-state index in [9.17, 15) is 0 Å². The zero-order valence-corrected chi connectivity index (χ0v) is 12.5. The topological polar surface area (TPSA) is 33.3 Å². The Morgan fingerprint density at radius 2 is 2.17 bits per heavy atom. The van der Waals surface area contributed by atoms with Gasteiger partial charge in [-0.25, -0.2) is 0 Å². The quantitative estimate of drug-likeness (QED) is 0.457. The van der Waals surface area contributed by atoms with Gasteiger partial charge in [0.15, 0.2) is 5.11 Å². The number of hydrogen-bond acceptors (Lipinski definition) is 3. The average Bonchev–Trinajstić information content (AvgIpc) is 2.39. The second kappa shape index (κ2) is 9.19. The maximum Gasteiger partial charge on any atom is 0.170 e. The third kappa shape index (κ3) is 5.71. The third-order valence-electron chi connectivity index (χ3n) is 2.31. The lowest BCUT2D eigenvalue weighted by molar-refractivity contribution is 0.146. The van der Waals surface area contributed by atoms with E-state index < -0.39 is 0 Å². The number of ether oxygens (including phenoxy) is 1. The van der Waals surface area contributed by atoms with Gasteiger partial charge in [0, 0.05) is 24.7 Å². The van der Waals surface area contributed by atoms with E-state index in [1.165, 1.54) is 4.90 Å². The Kier molecular flexibility index (Phi) is 7.80. The zero-order valence-electron chi connectivity index (χ0n) is 10.9. The van der Waals surface area contributed by atoms with Crippen LogP contribution in [0.15, 0.2) is 29.2 Å². The van der Waals surface area contributed by atoms with E-state index in [-0.39, 0.29) is 0 Å². The highest BCUT2D eigenvalue weighted by molar-refractivity contribution is 7.98. The highest BCUT2D eigenvalue weighted by Crippen LogP contribution is 2.24. The van der Waals surface area contributed by atoms with Gasteiger partial charge in [-0.2, -0.15) is 0 Å². The highest BCUT2D eigenvalue weighted by Gasteiger charge is 2.01. The summed E-state index contributed by atoms with van der Waals surface area (Å²) < 4.78 is 5.26. The summed E-state index contributed by atoms with van der Waals surface area (Å²) in [7, 11) is 0. The molecule has 0 unspecified atom stereocenters. The van der Waals surface area contributed by atoms with Gasteiger partial charge in [0.2, 0.25) is 0 Å². The smallest absolute Gasteiger partial charge is 0.170 e. The maximum absolute atomic E-state index is 5.26. The van der Waals surface area contributed by atoms with Gasteiger partial charge in [0.1, 0.15) is 0 Å².